The first-order valence-electron chi connectivity index (χ1n) is 9.00. The van der Waals surface area contributed by atoms with Crippen molar-refractivity contribution in [2.45, 2.75) is 19.4 Å². The fraction of sp³-hybridized carbons (Fsp3) is 0.350. The number of carbonyl (C=O) groups is 1. The van der Waals surface area contributed by atoms with Crippen molar-refractivity contribution in [1.29, 1.82) is 0 Å². The number of aromatic nitrogens is 1. The second kappa shape index (κ2) is 7.94. The normalized spacial score (nSPS) is 16.2. The molecule has 0 bridgehead atoms. The molecular weight excluding hydrogens is 410 g/mol. The van der Waals surface area contributed by atoms with Gasteiger partial charge >= 0.3 is 0 Å². The number of halogens is 1. The fourth-order valence-corrected chi connectivity index (χ4v) is 4.93. The quantitative estimate of drug-likeness (QED) is 0.618. The smallest absolute Gasteiger partial charge is 0.268 e. The Morgan fingerprint density at radius 2 is 2.04 bits per heavy atom. The van der Waals surface area contributed by atoms with E-state index in [1.807, 2.05) is 35.6 Å². The van der Waals surface area contributed by atoms with Gasteiger partial charge < -0.3 is 10.3 Å². The average molecular weight is 432 g/mol. The van der Waals surface area contributed by atoms with Crippen LogP contribution in [-0.4, -0.2) is 35.4 Å². The van der Waals surface area contributed by atoms with Gasteiger partial charge in [0.05, 0.1) is 4.47 Å². The summed E-state index contributed by atoms with van der Waals surface area (Å²) in [5.41, 5.74) is 1.59. The van der Waals surface area contributed by atoms with Crippen LogP contribution in [0.25, 0.3) is 10.9 Å². The molecule has 0 unspecified atom stereocenters. The first-order chi connectivity index (χ1) is 12.7. The predicted octanol–water partition coefficient (Wildman–Crippen LogP) is 4.63. The van der Waals surface area contributed by atoms with Crippen molar-refractivity contribution in [3.63, 3.8) is 0 Å². The second-order valence-corrected chi connectivity index (χ2v) is 8.69. The van der Waals surface area contributed by atoms with Crippen LogP contribution in [0.2, 0.25) is 0 Å². The van der Waals surface area contributed by atoms with Crippen LogP contribution in [0.1, 0.15) is 28.2 Å². The third-order valence-electron chi connectivity index (χ3n) is 5.09. The Morgan fingerprint density at radius 1 is 1.23 bits per heavy atom. The lowest BCUT2D eigenvalue weighted by Gasteiger charge is -2.31. The van der Waals surface area contributed by atoms with Crippen molar-refractivity contribution in [3.05, 3.63) is 56.8 Å². The summed E-state index contributed by atoms with van der Waals surface area (Å²) < 4.78 is 0.844. The molecule has 3 heterocycles. The minimum atomic E-state index is -0.0332. The summed E-state index contributed by atoms with van der Waals surface area (Å²) >= 11 is 5.38. The van der Waals surface area contributed by atoms with Crippen LogP contribution in [-0.2, 0) is 6.54 Å². The van der Waals surface area contributed by atoms with Gasteiger partial charge in [0.25, 0.3) is 5.91 Å². The number of aromatic amines is 1. The summed E-state index contributed by atoms with van der Waals surface area (Å²) in [4.78, 5) is 19.7. The van der Waals surface area contributed by atoms with Gasteiger partial charge in [0.15, 0.2) is 0 Å². The highest BCUT2D eigenvalue weighted by atomic mass is 79.9. The van der Waals surface area contributed by atoms with Crippen LogP contribution in [0, 0.1) is 5.92 Å². The number of thiophene rings is 1. The van der Waals surface area contributed by atoms with Gasteiger partial charge in [-0.1, -0.05) is 24.3 Å². The summed E-state index contributed by atoms with van der Waals surface area (Å²) in [6.45, 7) is 4.01. The third kappa shape index (κ3) is 3.87. The Kier molecular flexibility index (Phi) is 5.43. The summed E-state index contributed by atoms with van der Waals surface area (Å²) in [6.07, 6.45) is 2.28. The number of nitrogens with zero attached hydrogens (tertiary/aromatic N) is 1. The van der Waals surface area contributed by atoms with E-state index in [4.69, 9.17) is 0 Å². The third-order valence-corrected chi connectivity index (χ3v) is 6.77. The largest absolute Gasteiger partial charge is 0.350 e. The van der Waals surface area contributed by atoms with E-state index in [9.17, 15) is 4.79 Å². The van der Waals surface area contributed by atoms with Crippen molar-refractivity contribution >= 4 is 44.1 Å². The lowest BCUT2D eigenvalue weighted by atomic mass is 9.96. The Labute approximate surface area is 165 Å². The minimum Gasteiger partial charge on any atom is -0.350 e. The number of likely N-dealkylation sites (tertiary alicyclic amines) is 1. The molecule has 2 N–H and O–H groups in total. The molecule has 1 fully saturated rings. The van der Waals surface area contributed by atoms with E-state index in [0.29, 0.717) is 11.6 Å². The van der Waals surface area contributed by atoms with E-state index in [-0.39, 0.29) is 5.91 Å². The molecule has 26 heavy (non-hydrogen) atoms. The fourth-order valence-electron chi connectivity index (χ4n) is 3.56. The van der Waals surface area contributed by atoms with Crippen molar-refractivity contribution in [3.8, 4) is 0 Å². The minimum absolute atomic E-state index is 0.0332. The Morgan fingerprint density at radius 3 is 2.77 bits per heavy atom. The number of rotatable bonds is 5. The predicted molar refractivity (Wildman–Crippen MR) is 111 cm³/mol. The van der Waals surface area contributed by atoms with E-state index in [1.54, 1.807) is 0 Å². The van der Waals surface area contributed by atoms with Crippen molar-refractivity contribution in [2.75, 3.05) is 19.6 Å². The van der Waals surface area contributed by atoms with Crippen LogP contribution < -0.4 is 5.32 Å². The molecule has 1 aromatic carbocycles. The molecule has 136 valence electrons. The Hall–Kier alpha value is -1.63. The topological polar surface area (TPSA) is 48.1 Å². The molecular formula is C20H22BrN3OS. The summed E-state index contributed by atoms with van der Waals surface area (Å²) in [7, 11) is 0. The molecule has 1 aliphatic rings. The van der Waals surface area contributed by atoms with Crippen LogP contribution in [0.3, 0.4) is 0 Å². The summed E-state index contributed by atoms with van der Waals surface area (Å²) in [5, 5.41) is 6.29. The average Bonchev–Trinajstić information content (AvgIpc) is 3.29. The number of piperidine rings is 1. The lowest BCUT2D eigenvalue weighted by Crippen LogP contribution is -2.38. The molecule has 3 aromatic rings. The molecule has 0 atom stereocenters. The molecule has 0 aliphatic carbocycles. The number of nitrogens with one attached hydrogen (secondary N) is 2. The monoisotopic (exact) mass is 431 g/mol. The van der Waals surface area contributed by atoms with Gasteiger partial charge in [-0.2, -0.15) is 0 Å². The molecule has 0 radical (unpaired) electrons. The molecule has 4 nitrogen and oxygen atoms in total. The highest BCUT2D eigenvalue weighted by Gasteiger charge is 2.21. The zero-order valence-corrected chi connectivity index (χ0v) is 16.9. The first kappa shape index (κ1) is 17.8. The number of hydrogen-bond donors (Lipinski definition) is 2. The van der Waals surface area contributed by atoms with Crippen LogP contribution in [0.15, 0.2) is 46.3 Å². The summed E-state index contributed by atoms with van der Waals surface area (Å²) in [5.74, 6) is 0.524. The second-order valence-electron chi connectivity index (χ2n) is 6.87. The Balaban J connectivity index is 1.29. The van der Waals surface area contributed by atoms with Gasteiger partial charge in [0.1, 0.15) is 5.69 Å². The molecule has 1 amide bonds. The maximum absolute atomic E-state index is 12.6. The van der Waals surface area contributed by atoms with Gasteiger partial charge in [0, 0.05) is 28.9 Å². The molecule has 1 saturated heterocycles. The lowest BCUT2D eigenvalue weighted by molar-refractivity contribution is 0.0930. The number of hydrogen-bond acceptors (Lipinski definition) is 3. The molecule has 6 heteroatoms. The van der Waals surface area contributed by atoms with Gasteiger partial charge in [-0.3, -0.25) is 9.69 Å². The van der Waals surface area contributed by atoms with Crippen molar-refractivity contribution in [1.82, 2.24) is 15.2 Å². The van der Waals surface area contributed by atoms with Crippen molar-refractivity contribution < 1.29 is 4.79 Å². The maximum Gasteiger partial charge on any atom is 0.268 e. The molecule has 0 saturated carbocycles. The number of H-pyrrole nitrogens is 1. The summed E-state index contributed by atoms with van der Waals surface area (Å²) in [6, 6.07) is 12.3. The van der Waals surface area contributed by atoms with Crippen molar-refractivity contribution in [2.24, 2.45) is 5.92 Å². The number of amides is 1. The van der Waals surface area contributed by atoms with E-state index in [2.05, 4.69) is 48.6 Å². The molecule has 4 rings (SSSR count). The van der Waals surface area contributed by atoms with Crippen LogP contribution >= 0.6 is 27.3 Å². The Bertz CT molecular complexity index is 882. The highest BCUT2D eigenvalue weighted by molar-refractivity contribution is 9.10. The van der Waals surface area contributed by atoms with Gasteiger partial charge in [-0.25, -0.2) is 0 Å². The molecule has 0 spiro atoms. The highest BCUT2D eigenvalue weighted by Crippen LogP contribution is 2.27. The molecule has 1 aliphatic heterocycles. The number of carbonyl (C=O) groups excluding carboxylic acids is 1. The van der Waals surface area contributed by atoms with E-state index < -0.39 is 0 Å². The number of benzene rings is 1. The number of fused-ring (bicyclic) bond motifs is 1. The SMILES string of the molecule is O=C(NCC1CCN(Cc2cccs2)CC1)c1[nH]c2ccccc2c1Br. The maximum atomic E-state index is 12.6. The zero-order chi connectivity index (χ0) is 17.9. The van der Waals surface area contributed by atoms with Gasteiger partial charge in [-0.15, -0.1) is 11.3 Å². The molecule has 2 aromatic heterocycles. The number of para-hydroxylation sites is 1. The van der Waals surface area contributed by atoms with Crippen LogP contribution in [0.5, 0.6) is 0 Å². The van der Waals surface area contributed by atoms with Gasteiger partial charge in [-0.05, 0) is 65.3 Å². The van der Waals surface area contributed by atoms with E-state index in [1.165, 1.54) is 4.88 Å². The first-order valence-corrected chi connectivity index (χ1v) is 10.7. The van der Waals surface area contributed by atoms with Crippen LogP contribution in [0.4, 0.5) is 0 Å². The zero-order valence-electron chi connectivity index (χ0n) is 14.5. The standard InChI is InChI=1S/C20H22BrN3OS/c21-18-16-5-1-2-6-17(16)23-19(18)20(25)22-12-14-7-9-24(10-8-14)13-15-4-3-11-26-15/h1-6,11,14,23H,7-10,12-13H2,(H,22,25). The van der Waals surface area contributed by atoms with Gasteiger partial charge in [0.2, 0.25) is 0 Å². The van der Waals surface area contributed by atoms with E-state index in [0.717, 1.165) is 54.4 Å². The van der Waals surface area contributed by atoms with E-state index >= 15 is 0 Å².